The van der Waals surface area contributed by atoms with E-state index >= 15 is 0 Å². The van der Waals surface area contributed by atoms with E-state index in [4.69, 9.17) is 14.2 Å². The summed E-state index contributed by atoms with van der Waals surface area (Å²) < 4.78 is 17.1. The van der Waals surface area contributed by atoms with Gasteiger partial charge in [-0.05, 0) is 11.1 Å². The topological polar surface area (TPSA) is 44.8 Å². The first-order chi connectivity index (χ1) is 15.2. The Kier molecular flexibility index (Phi) is 8.30. The molecule has 0 aliphatic carbocycles. The van der Waals surface area contributed by atoms with Crippen LogP contribution < -0.4 is 0 Å². The van der Waals surface area contributed by atoms with Crippen molar-refractivity contribution in [3.05, 3.63) is 120 Å². The fourth-order valence-corrected chi connectivity index (χ4v) is 3.71. The summed E-state index contributed by atoms with van der Waals surface area (Å²) in [5, 5.41) is 0. The Morgan fingerprint density at radius 1 is 0.903 bits per heavy atom. The zero-order valence-corrected chi connectivity index (χ0v) is 17.8. The van der Waals surface area contributed by atoms with Crippen LogP contribution in [-0.4, -0.2) is 32.9 Å². The number of carbonyl (C=O) groups excluding carboxylic acids is 1. The Labute approximate surface area is 184 Å². The second-order valence-electron chi connectivity index (χ2n) is 7.08. The number of rotatable bonds is 12. The van der Waals surface area contributed by atoms with Gasteiger partial charge in [0.1, 0.15) is 6.79 Å². The first-order valence-corrected chi connectivity index (χ1v) is 10.3. The summed E-state index contributed by atoms with van der Waals surface area (Å²) in [6.07, 6.45) is 1.78. The third kappa shape index (κ3) is 5.17. The van der Waals surface area contributed by atoms with Gasteiger partial charge in [0.2, 0.25) is 0 Å². The SMILES string of the molecule is C=C[C@H](c1ccccc1)[C@](OCOCCOC)(C(=O)c1ccccc1)c1ccccc1. The van der Waals surface area contributed by atoms with Gasteiger partial charge in [0.05, 0.1) is 13.2 Å². The summed E-state index contributed by atoms with van der Waals surface area (Å²) >= 11 is 0. The van der Waals surface area contributed by atoms with Crippen LogP contribution in [0.1, 0.15) is 27.4 Å². The molecular weight excluding hydrogens is 388 g/mol. The quantitative estimate of drug-likeness (QED) is 0.172. The second-order valence-corrected chi connectivity index (χ2v) is 7.08. The van der Waals surface area contributed by atoms with Gasteiger partial charge in [0.25, 0.3) is 0 Å². The molecule has 3 rings (SSSR count). The monoisotopic (exact) mass is 416 g/mol. The Bertz CT molecular complexity index is 941. The zero-order valence-electron chi connectivity index (χ0n) is 17.8. The predicted molar refractivity (Wildman–Crippen MR) is 122 cm³/mol. The summed E-state index contributed by atoms with van der Waals surface area (Å²) in [4.78, 5) is 14.1. The third-order valence-corrected chi connectivity index (χ3v) is 5.21. The van der Waals surface area contributed by atoms with Gasteiger partial charge in [-0.3, -0.25) is 4.79 Å². The summed E-state index contributed by atoms with van der Waals surface area (Å²) in [5.74, 6) is -0.585. The van der Waals surface area contributed by atoms with Crippen LogP contribution in [0.3, 0.4) is 0 Å². The van der Waals surface area contributed by atoms with Gasteiger partial charge in [-0.1, -0.05) is 97.1 Å². The molecule has 0 radical (unpaired) electrons. The van der Waals surface area contributed by atoms with E-state index in [2.05, 4.69) is 6.58 Å². The standard InChI is InChI=1S/C27H28O4/c1-3-25(22-13-7-4-8-14-22)27(24-17-11-6-12-18-24,31-21-30-20-19-29-2)26(28)23-15-9-5-10-16-23/h3-18,25H,1,19-21H2,2H3/t25-,27+/m1/s1. The molecule has 31 heavy (non-hydrogen) atoms. The van der Waals surface area contributed by atoms with E-state index in [1.54, 1.807) is 25.3 Å². The summed E-state index contributed by atoms with van der Waals surface area (Å²) in [6, 6.07) is 28.6. The Balaban J connectivity index is 2.14. The molecular formula is C27H28O4. The first kappa shape index (κ1) is 22.6. The van der Waals surface area contributed by atoms with E-state index in [9.17, 15) is 4.79 Å². The first-order valence-electron chi connectivity index (χ1n) is 10.3. The van der Waals surface area contributed by atoms with Crippen molar-refractivity contribution in [2.45, 2.75) is 11.5 Å². The van der Waals surface area contributed by atoms with Crippen molar-refractivity contribution in [3.8, 4) is 0 Å². The highest BCUT2D eigenvalue weighted by Gasteiger charge is 2.48. The molecule has 0 N–H and O–H groups in total. The Morgan fingerprint density at radius 3 is 2.06 bits per heavy atom. The molecule has 0 amide bonds. The van der Waals surface area contributed by atoms with Gasteiger partial charge in [-0.25, -0.2) is 0 Å². The molecule has 3 aromatic carbocycles. The number of hydrogen-bond acceptors (Lipinski definition) is 4. The smallest absolute Gasteiger partial charge is 0.200 e. The summed E-state index contributed by atoms with van der Waals surface area (Å²) in [5.41, 5.74) is 0.889. The largest absolute Gasteiger partial charge is 0.382 e. The van der Waals surface area contributed by atoms with E-state index in [0.717, 1.165) is 11.1 Å². The number of hydrogen-bond donors (Lipinski definition) is 0. The van der Waals surface area contributed by atoms with Gasteiger partial charge in [0.15, 0.2) is 11.4 Å². The van der Waals surface area contributed by atoms with Crippen LogP contribution in [0.25, 0.3) is 0 Å². The molecule has 4 nitrogen and oxygen atoms in total. The molecule has 0 saturated heterocycles. The minimum atomic E-state index is -1.35. The molecule has 0 heterocycles. The normalized spacial score (nSPS) is 13.8. The highest BCUT2D eigenvalue weighted by atomic mass is 16.7. The molecule has 0 fully saturated rings. The maximum Gasteiger partial charge on any atom is 0.200 e. The van der Waals surface area contributed by atoms with Gasteiger partial charge in [-0.15, -0.1) is 6.58 Å². The lowest BCUT2D eigenvalue weighted by molar-refractivity contribution is -0.137. The van der Waals surface area contributed by atoms with Crippen LogP contribution in [0.15, 0.2) is 104 Å². The van der Waals surface area contributed by atoms with E-state index < -0.39 is 11.5 Å². The van der Waals surface area contributed by atoms with Crippen LogP contribution in [0.5, 0.6) is 0 Å². The van der Waals surface area contributed by atoms with Crippen LogP contribution in [-0.2, 0) is 19.8 Å². The van der Waals surface area contributed by atoms with Crippen molar-refractivity contribution in [2.24, 2.45) is 0 Å². The van der Waals surface area contributed by atoms with Crippen molar-refractivity contribution in [3.63, 3.8) is 0 Å². The number of ketones is 1. The van der Waals surface area contributed by atoms with Crippen LogP contribution in [0.4, 0.5) is 0 Å². The lowest BCUT2D eigenvalue weighted by atomic mass is 9.72. The van der Waals surface area contributed by atoms with Crippen LogP contribution >= 0.6 is 0 Å². The molecule has 0 saturated carbocycles. The van der Waals surface area contributed by atoms with Crippen LogP contribution in [0.2, 0.25) is 0 Å². The highest BCUT2D eigenvalue weighted by molar-refractivity contribution is 6.04. The van der Waals surface area contributed by atoms with Crippen molar-refractivity contribution in [2.75, 3.05) is 27.1 Å². The van der Waals surface area contributed by atoms with Gasteiger partial charge < -0.3 is 14.2 Å². The molecule has 0 aromatic heterocycles. The van der Waals surface area contributed by atoms with E-state index in [0.29, 0.717) is 18.8 Å². The lowest BCUT2D eigenvalue weighted by Crippen LogP contribution is -2.44. The molecule has 0 unspecified atom stereocenters. The molecule has 160 valence electrons. The van der Waals surface area contributed by atoms with E-state index in [-0.39, 0.29) is 12.6 Å². The lowest BCUT2D eigenvalue weighted by Gasteiger charge is -2.39. The third-order valence-electron chi connectivity index (χ3n) is 5.21. The maximum atomic E-state index is 14.1. The minimum absolute atomic E-state index is 0.0615. The predicted octanol–water partition coefficient (Wildman–Crippen LogP) is 5.37. The number of Topliss-reactive ketones (excluding diaryl/α,β-unsaturated/α-hetero) is 1. The van der Waals surface area contributed by atoms with Gasteiger partial charge in [-0.2, -0.15) is 0 Å². The number of ether oxygens (including phenoxy) is 3. The Morgan fingerprint density at radius 2 is 1.48 bits per heavy atom. The number of benzene rings is 3. The van der Waals surface area contributed by atoms with Crippen molar-refractivity contribution >= 4 is 5.78 Å². The van der Waals surface area contributed by atoms with Crippen LogP contribution in [0, 0.1) is 0 Å². The molecule has 0 bridgehead atoms. The van der Waals surface area contributed by atoms with Crippen molar-refractivity contribution < 1.29 is 19.0 Å². The fourth-order valence-electron chi connectivity index (χ4n) is 3.71. The molecule has 4 heteroatoms. The van der Waals surface area contributed by atoms with E-state index in [1.807, 2.05) is 78.9 Å². The molecule has 0 spiro atoms. The second kappa shape index (κ2) is 11.4. The summed E-state index contributed by atoms with van der Waals surface area (Å²) in [6.45, 7) is 4.82. The minimum Gasteiger partial charge on any atom is -0.382 e. The highest BCUT2D eigenvalue weighted by Crippen LogP contribution is 2.44. The Hall–Kier alpha value is -3.05. The maximum absolute atomic E-state index is 14.1. The zero-order chi connectivity index (χ0) is 21.9. The van der Waals surface area contributed by atoms with Gasteiger partial charge >= 0.3 is 0 Å². The van der Waals surface area contributed by atoms with Crippen molar-refractivity contribution in [1.82, 2.24) is 0 Å². The average Bonchev–Trinajstić information content (AvgIpc) is 2.84. The van der Waals surface area contributed by atoms with Gasteiger partial charge in [0, 0.05) is 18.6 Å². The molecule has 0 aliphatic rings. The van der Waals surface area contributed by atoms with Crippen molar-refractivity contribution in [1.29, 1.82) is 0 Å². The molecule has 2 atom stereocenters. The van der Waals surface area contributed by atoms with E-state index in [1.165, 1.54) is 0 Å². The number of methoxy groups -OCH3 is 1. The number of carbonyl (C=O) groups is 1. The summed E-state index contributed by atoms with van der Waals surface area (Å²) in [7, 11) is 1.61. The molecule has 3 aromatic rings. The molecule has 0 aliphatic heterocycles. The average molecular weight is 417 g/mol. The fraction of sp³-hybridized carbons (Fsp3) is 0.222.